The molecule has 1 aliphatic rings. The molecule has 0 spiro atoms. The number of nitrogens with zero attached hydrogens (tertiary/aromatic N) is 1. The molecule has 1 atom stereocenters. The molecule has 0 saturated carbocycles. The third-order valence-electron chi connectivity index (χ3n) is 0.572. The fourth-order valence-corrected chi connectivity index (χ4v) is 0.748. The van der Waals surface area contributed by atoms with Crippen LogP contribution in [0.5, 0.6) is 0 Å². The van der Waals surface area contributed by atoms with Gasteiger partial charge in [0.1, 0.15) is 0 Å². The lowest BCUT2D eigenvalue weighted by Gasteiger charge is -2.02. The van der Waals surface area contributed by atoms with Crippen molar-refractivity contribution in [3.8, 4) is 0 Å². The van der Waals surface area contributed by atoms with Gasteiger partial charge in [0, 0.05) is 14.9 Å². The predicted molar refractivity (Wildman–Crippen MR) is 32.2 cm³/mol. The molecule has 0 aromatic carbocycles. The molecule has 38 valence electrons. The Morgan fingerprint density at radius 2 is 2.71 bits per heavy atom. The van der Waals surface area contributed by atoms with E-state index in [4.69, 9.17) is 5.73 Å². The second-order valence-electron chi connectivity index (χ2n) is 1.10. The summed E-state index contributed by atoms with van der Waals surface area (Å²) in [5, 5.41) is 2.85. The van der Waals surface area contributed by atoms with Crippen LogP contribution < -0.4 is 10.8 Å². The van der Waals surface area contributed by atoms with E-state index in [0.29, 0.717) is 14.7 Å². The van der Waals surface area contributed by atoms with Gasteiger partial charge in [-0.25, -0.2) is 4.99 Å². The third kappa shape index (κ3) is 1.16. The number of guanidine groups is 1. The molecule has 1 unspecified atom stereocenters. The highest BCUT2D eigenvalue weighted by Gasteiger charge is 1.87. The summed E-state index contributed by atoms with van der Waals surface area (Å²) in [6.07, 6.45) is 1.70. The van der Waals surface area contributed by atoms with Crippen LogP contribution >= 0.6 is 8.73 Å². The molecule has 1 aliphatic heterocycles. The fraction of sp³-hybridized carbons (Fsp3) is 0. The summed E-state index contributed by atoms with van der Waals surface area (Å²) in [6.45, 7) is 0. The van der Waals surface area contributed by atoms with Crippen molar-refractivity contribution in [3.05, 3.63) is 12.0 Å². The van der Waals surface area contributed by atoms with Gasteiger partial charge in [-0.3, -0.25) is 0 Å². The Labute approximate surface area is 43.5 Å². The maximum atomic E-state index is 5.23. The maximum absolute atomic E-state index is 5.23. The number of hydrogen-bond acceptors (Lipinski definition) is 3. The van der Waals surface area contributed by atoms with Gasteiger partial charge in [-0.15, -0.1) is 0 Å². The van der Waals surface area contributed by atoms with Gasteiger partial charge in [0.15, 0.2) is 5.96 Å². The molecule has 3 nitrogen and oxygen atoms in total. The first-order chi connectivity index (χ1) is 3.39. The van der Waals surface area contributed by atoms with Gasteiger partial charge in [0.05, 0.1) is 0 Å². The Kier molecular flexibility index (Phi) is 1.27. The van der Waals surface area contributed by atoms with Crippen LogP contribution in [0.3, 0.4) is 0 Å². The van der Waals surface area contributed by atoms with Gasteiger partial charge in [-0.2, -0.15) is 0 Å². The van der Waals surface area contributed by atoms with E-state index < -0.39 is 0 Å². The Hall–Kier alpha value is -0.560. The molecule has 0 aromatic rings. The monoisotopic (exact) mass is 115 g/mol. The van der Waals surface area contributed by atoms with Crippen LogP contribution in [0.1, 0.15) is 0 Å². The molecule has 0 bridgehead atoms. The van der Waals surface area contributed by atoms with Crippen LogP contribution in [-0.2, 0) is 0 Å². The van der Waals surface area contributed by atoms with Crippen LogP contribution in [0.25, 0.3) is 0 Å². The molecule has 0 radical (unpaired) electrons. The van der Waals surface area contributed by atoms with Crippen molar-refractivity contribution in [2.75, 3.05) is 0 Å². The van der Waals surface area contributed by atoms with Crippen molar-refractivity contribution >= 4 is 14.7 Å². The van der Waals surface area contributed by atoms with Crippen molar-refractivity contribution in [3.63, 3.8) is 0 Å². The maximum Gasteiger partial charge on any atom is 0.196 e. The third-order valence-corrected chi connectivity index (χ3v) is 1.29. The van der Waals surface area contributed by atoms with E-state index in [9.17, 15) is 0 Å². The fourth-order valence-electron chi connectivity index (χ4n) is 0.303. The molecule has 0 fully saturated rings. The number of nitrogens with two attached hydrogens (primary N) is 1. The van der Waals surface area contributed by atoms with Gasteiger partial charge >= 0.3 is 0 Å². The Balaban J connectivity index is 2.57. The first kappa shape index (κ1) is 4.60. The first-order valence-electron chi connectivity index (χ1n) is 1.89. The second kappa shape index (κ2) is 1.94. The zero-order valence-electron chi connectivity index (χ0n) is 3.68. The van der Waals surface area contributed by atoms with Gasteiger partial charge < -0.3 is 10.8 Å². The van der Waals surface area contributed by atoms with Gasteiger partial charge in [-0.1, -0.05) is 0 Å². The molecule has 1 heterocycles. The average Bonchev–Trinajstić information content (AvgIpc) is 1.69. The van der Waals surface area contributed by atoms with Crippen molar-refractivity contribution in [2.24, 2.45) is 10.7 Å². The largest absolute Gasteiger partial charge is 0.369 e. The van der Waals surface area contributed by atoms with Crippen LogP contribution in [0.4, 0.5) is 0 Å². The molecule has 1 rings (SSSR count). The quantitative estimate of drug-likeness (QED) is 0.435. The topological polar surface area (TPSA) is 50.4 Å². The van der Waals surface area contributed by atoms with Gasteiger partial charge in [-0.05, 0) is 5.82 Å². The lowest BCUT2D eigenvalue weighted by molar-refractivity contribution is 1.34. The first-order valence-corrected chi connectivity index (χ1v) is 2.97. The van der Waals surface area contributed by atoms with Crippen LogP contribution in [0, 0.1) is 0 Å². The van der Waals surface area contributed by atoms with Crippen LogP contribution in [0.15, 0.2) is 17.0 Å². The SMILES string of the molecule is NC1=NC=CPN1. The summed E-state index contributed by atoms with van der Waals surface area (Å²) in [6, 6.07) is 0. The van der Waals surface area contributed by atoms with Crippen molar-refractivity contribution < 1.29 is 0 Å². The highest BCUT2D eigenvalue weighted by atomic mass is 31.1. The van der Waals surface area contributed by atoms with E-state index in [-0.39, 0.29) is 0 Å². The zero-order valence-corrected chi connectivity index (χ0v) is 4.68. The summed E-state index contributed by atoms with van der Waals surface area (Å²) in [7, 11) is 0.596. The minimum Gasteiger partial charge on any atom is -0.369 e. The van der Waals surface area contributed by atoms with Crippen molar-refractivity contribution in [1.82, 2.24) is 5.09 Å². The summed E-state index contributed by atoms with van der Waals surface area (Å²) >= 11 is 0. The minimum absolute atomic E-state index is 0.515. The molecular formula is C3H6N3P. The van der Waals surface area contributed by atoms with Crippen molar-refractivity contribution in [1.29, 1.82) is 0 Å². The van der Waals surface area contributed by atoms with E-state index in [1.165, 1.54) is 0 Å². The summed E-state index contributed by atoms with van der Waals surface area (Å²) in [5.41, 5.74) is 5.23. The van der Waals surface area contributed by atoms with E-state index in [1.807, 2.05) is 5.82 Å². The van der Waals surface area contributed by atoms with Crippen LogP contribution in [0.2, 0.25) is 0 Å². The molecule has 0 saturated heterocycles. The Morgan fingerprint density at radius 3 is 3.00 bits per heavy atom. The van der Waals surface area contributed by atoms with E-state index in [0.717, 1.165) is 0 Å². The Morgan fingerprint density at radius 1 is 1.86 bits per heavy atom. The highest BCUT2D eigenvalue weighted by Crippen LogP contribution is 2.06. The van der Waals surface area contributed by atoms with E-state index >= 15 is 0 Å². The smallest absolute Gasteiger partial charge is 0.196 e. The summed E-state index contributed by atoms with van der Waals surface area (Å²) in [5.74, 6) is 2.44. The normalized spacial score (nSPS) is 21.4. The van der Waals surface area contributed by atoms with Gasteiger partial charge in [0.2, 0.25) is 0 Å². The Bertz CT molecular complexity index is 117. The second-order valence-corrected chi connectivity index (χ2v) is 1.97. The lowest BCUT2D eigenvalue weighted by atomic mass is 10.9. The summed E-state index contributed by atoms with van der Waals surface area (Å²) in [4.78, 5) is 3.74. The molecular weight excluding hydrogens is 109 g/mol. The molecule has 7 heavy (non-hydrogen) atoms. The number of aliphatic imine (C=N–C) groups is 1. The molecule has 3 N–H and O–H groups in total. The predicted octanol–water partition coefficient (Wildman–Crippen LogP) is -0.0310. The van der Waals surface area contributed by atoms with Crippen molar-refractivity contribution in [2.45, 2.75) is 0 Å². The molecule has 0 amide bonds. The lowest BCUT2D eigenvalue weighted by Crippen LogP contribution is -2.24. The number of nitrogens with one attached hydrogen (secondary N) is 1. The zero-order chi connectivity index (χ0) is 5.11. The van der Waals surface area contributed by atoms with Gasteiger partial charge in [0.25, 0.3) is 0 Å². The number of hydrogen-bond donors (Lipinski definition) is 2. The molecule has 0 aliphatic carbocycles. The molecule has 0 aromatic heterocycles. The average molecular weight is 115 g/mol. The van der Waals surface area contributed by atoms with E-state index in [1.54, 1.807) is 6.20 Å². The number of rotatable bonds is 0. The minimum atomic E-state index is 0.515. The highest BCUT2D eigenvalue weighted by molar-refractivity contribution is 7.40. The standard InChI is InChI=1S/C3H6N3P/c4-3-5-1-2-7-6-3/h1-2,7H,(H3,4,5,6). The van der Waals surface area contributed by atoms with E-state index in [2.05, 4.69) is 10.1 Å². The molecule has 4 heteroatoms. The summed E-state index contributed by atoms with van der Waals surface area (Å²) < 4.78 is 0. The van der Waals surface area contributed by atoms with Crippen LogP contribution in [-0.4, -0.2) is 5.96 Å².